The van der Waals surface area contributed by atoms with Crippen LogP contribution in [0.2, 0.25) is 0 Å². The van der Waals surface area contributed by atoms with Gasteiger partial charge < -0.3 is 10.2 Å². The van der Waals surface area contributed by atoms with Gasteiger partial charge in [0.2, 0.25) is 0 Å². The number of aryl methyl sites for hydroxylation is 1. The van der Waals surface area contributed by atoms with Gasteiger partial charge in [-0.05, 0) is 60.3 Å². The number of thiophene rings is 1. The van der Waals surface area contributed by atoms with Gasteiger partial charge in [-0.25, -0.2) is 4.79 Å². The minimum atomic E-state index is -0.101. The summed E-state index contributed by atoms with van der Waals surface area (Å²) in [5, 5.41) is 5.05. The number of amides is 2. The predicted molar refractivity (Wildman–Crippen MR) is 111 cm³/mol. The van der Waals surface area contributed by atoms with Crippen molar-refractivity contribution >= 4 is 39.0 Å². The summed E-state index contributed by atoms with van der Waals surface area (Å²) < 4.78 is 0.983. The first kappa shape index (κ1) is 18.6. The third-order valence-corrected chi connectivity index (χ3v) is 5.59. The molecule has 6 heteroatoms. The van der Waals surface area contributed by atoms with Crippen molar-refractivity contribution in [2.75, 3.05) is 11.9 Å². The monoisotopic (exact) mass is 429 g/mol. The third kappa shape index (κ3) is 5.16. The lowest BCUT2D eigenvalue weighted by Crippen LogP contribution is -2.36. The molecule has 0 bridgehead atoms. The van der Waals surface area contributed by atoms with Gasteiger partial charge in [0.05, 0.1) is 6.54 Å². The van der Waals surface area contributed by atoms with Gasteiger partial charge in [-0.3, -0.25) is 4.98 Å². The van der Waals surface area contributed by atoms with E-state index in [9.17, 15) is 4.79 Å². The Morgan fingerprint density at radius 3 is 2.65 bits per heavy atom. The topological polar surface area (TPSA) is 45.2 Å². The molecule has 2 aromatic heterocycles. The fourth-order valence-electron chi connectivity index (χ4n) is 2.52. The number of carbonyl (C=O) groups is 1. The fourth-order valence-corrected chi connectivity index (χ4v) is 3.71. The van der Waals surface area contributed by atoms with Crippen molar-refractivity contribution in [2.45, 2.75) is 19.9 Å². The zero-order valence-electron chi connectivity index (χ0n) is 14.5. The van der Waals surface area contributed by atoms with E-state index in [1.54, 1.807) is 17.5 Å². The maximum Gasteiger partial charge on any atom is 0.322 e. The van der Waals surface area contributed by atoms with Crippen LogP contribution in [0.25, 0.3) is 0 Å². The van der Waals surface area contributed by atoms with Crippen LogP contribution in [0.5, 0.6) is 0 Å². The highest BCUT2D eigenvalue weighted by molar-refractivity contribution is 9.10. The number of halogens is 1. The lowest BCUT2D eigenvalue weighted by molar-refractivity contribution is 0.210. The van der Waals surface area contributed by atoms with E-state index < -0.39 is 0 Å². The zero-order chi connectivity index (χ0) is 18.4. The first-order chi connectivity index (χ1) is 12.6. The summed E-state index contributed by atoms with van der Waals surface area (Å²) in [6.07, 6.45) is 2.50. The van der Waals surface area contributed by atoms with Crippen molar-refractivity contribution in [1.82, 2.24) is 9.88 Å². The van der Waals surface area contributed by atoms with E-state index in [-0.39, 0.29) is 6.03 Å². The van der Waals surface area contributed by atoms with Gasteiger partial charge in [-0.1, -0.05) is 22.0 Å². The number of nitrogens with zero attached hydrogens (tertiary/aromatic N) is 2. The van der Waals surface area contributed by atoms with Crippen LogP contribution >= 0.6 is 27.3 Å². The first-order valence-corrected chi connectivity index (χ1v) is 10.0. The SMILES string of the molecule is Cc1ccsc1CN(CCc1ccccn1)C(=O)Nc1ccc(Br)cc1. The molecule has 3 rings (SSSR count). The number of aromatic nitrogens is 1. The number of hydrogen-bond donors (Lipinski definition) is 1. The number of hydrogen-bond acceptors (Lipinski definition) is 3. The molecule has 0 saturated carbocycles. The maximum atomic E-state index is 12.8. The van der Waals surface area contributed by atoms with Gasteiger partial charge in [0.15, 0.2) is 0 Å². The Morgan fingerprint density at radius 1 is 1.19 bits per heavy atom. The highest BCUT2D eigenvalue weighted by Crippen LogP contribution is 2.20. The van der Waals surface area contributed by atoms with E-state index in [1.807, 2.05) is 47.4 Å². The predicted octanol–water partition coefficient (Wildman–Crippen LogP) is 5.49. The second-order valence-corrected chi connectivity index (χ2v) is 7.87. The van der Waals surface area contributed by atoms with Crippen LogP contribution in [0.15, 0.2) is 64.6 Å². The molecule has 1 aromatic carbocycles. The van der Waals surface area contributed by atoms with Gasteiger partial charge in [0.25, 0.3) is 0 Å². The molecule has 0 aliphatic carbocycles. The Bertz CT molecular complexity index is 849. The van der Waals surface area contributed by atoms with Crippen LogP contribution in [0.1, 0.15) is 16.1 Å². The van der Waals surface area contributed by atoms with Gasteiger partial charge in [0.1, 0.15) is 0 Å². The molecule has 0 fully saturated rings. The van der Waals surface area contributed by atoms with Crippen molar-refractivity contribution in [1.29, 1.82) is 0 Å². The molecule has 0 radical (unpaired) electrons. The summed E-state index contributed by atoms with van der Waals surface area (Å²) in [5.41, 5.74) is 2.98. The van der Waals surface area contributed by atoms with Crippen LogP contribution in [-0.2, 0) is 13.0 Å². The van der Waals surface area contributed by atoms with E-state index in [0.717, 1.165) is 22.3 Å². The Morgan fingerprint density at radius 2 is 2.00 bits per heavy atom. The number of rotatable bonds is 6. The average Bonchev–Trinajstić information content (AvgIpc) is 3.06. The second kappa shape index (κ2) is 8.96. The lowest BCUT2D eigenvalue weighted by atomic mass is 10.2. The molecule has 0 aliphatic heterocycles. The van der Waals surface area contributed by atoms with Gasteiger partial charge >= 0.3 is 6.03 Å². The van der Waals surface area contributed by atoms with E-state index in [1.165, 1.54) is 10.4 Å². The van der Waals surface area contributed by atoms with Crippen molar-refractivity contribution in [3.63, 3.8) is 0 Å². The number of benzene rings is 1. The van der Waals surface area contributed by atoms with Crippen LogP contribution in [0.3, 0.4) is 0 Å². The molecular weight excluding hydrogens is 410 g/mol. The maximum absolute atomic E-state index is 12.8. The van der Waals surface area contributed by atoms with Crippen molar-refractivity contribution < 1.29 is 4.79 Å². The summed E-state index contributed by atoms with van der Waals surface area (Å²) in [7, 11) is 0. The molecule has 1 N–H and O–H groups in total. The van der Waals surface area contributed by atoms with Crippen molar-refractivity contribution in [3.05, 3.63) is 80.7 Å². The Hall–Kier alpha value is -2.18. The Balaban J connectivity index is 1.71. The Labute approximate surface area is 166 Å². The molecule has 134 valence electrons. The highest BCUT2D eigenvalue weighted by Gasteiger charge is 2.16. The van der Waals surface area contributed by atoms with Gasteiger partial charge in [-0.2, -0.15) is 0 Å². The number of urea groups is 1. The van der Waals surface area contributed by atoms with Gasteiger partial charge in [0, 0.05) is 39.9 Å². The molecule has 0 spiro atoms. The number of anilines is 1. The summed E-state index contributed by atoms with van der Waals surface area (Å²) in [5.74, 6) is 0. The molecule has 0 aliphatic rings. The zero-order valence-corrected chi connectivity index (χ0v) is 16.9. The average molecular weight is 430 g/mol. The summed E-state index contributed by atoms with van der Waals surface area (Å²) in [6, 6.07) is 15.4. The smallest absolute Gasteiger partial charge is 0.319 e. The van der Waals surface area contributed by atoms with E-state index >= 15 is 0 Å². The minimum Gasteiger partial charge on any atom is -0.319 e. The lowest BCUT2D eigenvalue weighted by Gasteiger charge is -2.23. The quantitative estimate of drug-likeness (QED) is 0.562. The van der Waals surface area contributed by atoms with Crippen molar-refractivity contribution in [3.8, 4) is 0 Å². The number of pyridine rings is 1. The van der Waals surface area contributed by atoms with Crippen LogP contribution in [0, 0.1) is 6.92 Å². The minimum absolute atomic E-state index is 0.101. The van der Waals surface area contributed by atoms with E-state index in [2.05, 4.69) is 44.6 Å². The molecule has 0 atom stereocenters. The molecule has 2 heterocycles. The largest absolute Gasteiger partial charge is 0.322 e. The number of nitrogens with one attached hydrogen (secondary N) is 1. The second-order valence-electron chi connectivity index (χ2n) is 5.96. The molecule has 0 unspecified atom stereocenters. The molecular formula is C20H20BrN3OS. The number of carbonyl (C=O) groups excluding carboxylic acids is 1. The molecule has 3 aromatic rings. The normalized spacial score (nSPS) is 10.5. The molecule has 2 amide bonds. The van der Waals surface area contributed by atoms with Crippen LogP contribution in [-0.4, -0.2) is 22.5 Å². The standard InChI is InChI=1S/C20H20BrN3OS/c1-15-10-13-26-19(15)14-24(12-9-17-4-2-3-11-22-17)20(25)23-18-7-5-16(21)6-8-18/h2-8,10-11,13H,9,12,14H2,1H3,(H,23,25). The van der Waals surface area contributed by atoms with Gasteiger partial charge in [-0.15, -0.1) is 11.3 Å². The highest BCUT2D eigenvalue weighted by atomic mass is 79.9. The van der Waals surface area contributed by atoms with E-state index in [0.29, 0.717) is 13.1 Å². The third-order valence-electron chi connectivity index (χ3n) is 4.05. The molecule has 0 saturated heterocycles. The van der Waals surface area contributed by atoms with Crippen LogP contribution in [0.4, 0.5) is 10.5 Å². The summed E-state index contributed by atoms with van der Waals surface area (Å²) >= 11 is 5.09. The van der Waals surface area contributed by atoms with Crippen molar-refractivity contribution in [2.24, 2.45) is 0 Å². The van der Waals surface area contributed by atoms with Crippen LogP contribution < -0.4 is 5.32 Å². The fraction of sp³-hybridized carbons (Fsp3) is 0.200. The van der Waals surface area contributed by atoms with E-state index in [4.69, 9.17) is 0 Å². The molecule has 4 nitrogen and oxygen atoms in total. The summed E-state index contributed by atoms with van der Waals surface area (Å²) in [6.45, 7) is 3.28. The summed E-state index contributed by atoms with van der Waals surface area (Å²) in [4.78, 5) is 20.2. The Kier molecular flexibility index (Phi) is 6.41. The molecule has 26 heavy (non-hydrogen) atoms. The first-order valence-electron chi connectivity index (χ1n) is 8.36.